The monoisotopic (exact) mass is 191 g/mol. The maximum absolute atomic E-state index is 4.33. The van der Waals surface area contributed by atoms with Crippen LogP contribution in [0.3, 0.4) is 0 Å². The van der Waals surface area contributed by atoms with Crippen LogP contribution in [0.25, 0.3) is 0 Å². The Morgan fingerprint density at radius 1 is 1.50 bits per heavy atom. The summed E-state index contributed by atoms with van der Waals surface area (Å²) >= 11 is 0. The average Bonchev–Trinajstić information content (AvgIpc) is 2.23. The zero-order chi connectivity index (χ0) is 9.80. The lowest BCUT2D eigenvalue weighted by Gasteiger charge is -2.24. The molecule has 1 aromatic rings. The minimum Gasteiger partial charge on any atom is -0.366 e. The number of hydrogen-bond donors (Lipinski definition) is 2. The molecular formula is C11H17N3. The smallest absolute Gasteiger partial charge is 0.126 e. The molecule has 1 aliphatic rings. The van der Waals surface area contributed by atoms with Gasteiger partial charge in [0.1, 0.15) is 5.82 Å². The molecule has 14 heavy (non-hydrogen) atoms. The van der Waals surface area contributed by atoms with Crippen LogP contribution in [0.4, 0.5) is 5.82 Å². The molecule has 76 valence electrons. The van der Waals surface area contributed by atoms with Gasteiger partial charge < -0.3 is 10.6 Å². The van der Waals surface area contributed by atoms with Gasteiger partial charge in [0.2, 0.25) is 0 Å². The van der Waals surface area contributed by atoms with E-state index in [1.54, 1.807) is 0 Å². The Bertz CT molecular complexity index is 275. The second-order valence-electron chi connectivity index (χ2n) is 3.91. The summed E-state index contributed by atoms with van der Waals surface area (Å²) in [7, 11) is 0. The zero-order valence-electron chi connectivity index (χ0n) is 8.59. The standard InChI is InChI=1S/C11H17N3/c1-9-4-5-11(13-7-9)14-10-3-2-6-12-8-10/h4-5,7,10,12H,2-3,6,8H2,1H3,(H,13,14)/t10-/m0/s1. The number of aromatic nitrogens is 1. The second-order valence-corrected chi connectivity index (χ2v) is 3.91. The molecule has 1 saturated heterocycles. The van der Waals surface area contributed by atoms with Crippen molar-refractivity contribution in [1.82, 2.24) is 10.3 Å². The zero-order valence-corrected chi connectivity index (χ0v) is 8.59. The van der Waals surface area contributed by atoms with Crippen LogP contribution in [0.1, 0.15) is 18.4 Å². The molecule has 0 unspecified atom stereocenters. The van der Waals surface area contributed by atoms with Gasteiger partial charge in [-0.15, -0.1) is 0 Å². The van der Waals surface area contributed by atoms with Gasteiger partial charge in [0, 0.05) is 18.8 Å². The summed E-state index contributed by atoms with van der Waals surface area (Å²) in [6, 6.07) is 4.68. The lowest BCUT2D eigenvalue weighted by molar-refractivity contribution is 0.479. The number of nitrogens with one attached hydrogen (secondary N) is 2. The fourth-order valence-corrected chi connectivity index (χ4v) is 1.74. The van der Waals surface area contributed by atoms with Gasteiger partial charge >= 0.3 is 0 Å². The van der Waals surface area contributed by atoms with Crippen LogP contribution >= 0.6 is 0 Å². The van der Waals surface area contributed by atoms with E-state index in [1.807, 2.05) is 12.3 Å². The van der Waals surface area contributed by atoms with Crippen molar-refractivity contribution in [2.24, 2.45) is 0 Å². The Morgan fingerprint density at radius 3 is 3.07 bits per heavy atom. The summed E-state index contributed by atoms with van der Waals surface area (Å²) in [5, 5.41) is 6.81. The Morgan fingerprint density at radius 2 is 2.43 bits per heavy atom. The maximum Gasteiger partial charge on any atom is 0.126 e. The van der Waals surface area contributed by atoms with Crippen LogP contribution in [0.5, 0.6) is 0 Å². The van der Waals surface area contributed by atoms with E-state index in [-0.39, 0.29) is 0 Å². The van der Waals surface area contributed by atoms with Crippen LogP contribution in [0, 0.1) is 6.92 Å². The third-order valence-corrected chi connectivity index (χ3v) is 2.56. The third-order valence-electron chi connectivity index (χ3n) is 2.56. The summed E-state index contributed by atoms with van der Waals surface area (Å²) in [4.78, 5) is 4.33. The summed E-state index contributed by atoms with van der Waals surface area (Å²) in [6.07, 6.45) is 4.39. The third kappa shape index (κ3) is 2.45. The van der Waals surface area contributed by atoms with Gasteiger partial charge in [0.25, 0.3) is 0 Å². The lowest BCUT2D eigenvalue weighted by Crippen LogP contribution is -2.38. The predicted molar refractivity (Wildman–Crippen MR) is 58.5 cm³/mol. The molecule has 0 radical (unpaired) electrons. The Balaban J connectivity index is 1.92. The molecule has 2 rings (SSSR count). The molecule has 1 atom stereocenters. The van der Waals surface area contributed by atoms with Crippen LogP contribution in [-0.2, 0) is 0 Å². The van der Waals surface area contributed by atoms with Gasteiger partial charge in [-0.1, -0.05) is 6.07 Å². The first kappa shape index (κ1) is 9.46. The highest BCUT2D eigenvalue weighted by Crippen LogP contribution is 2.10. The highest BCUT2D eigenvalue weighted by molar-refractivity contribution is 5.36. The van der Waals surface area contributed by atoms with Crippen molar-refractivity contribution in [3.63, 3.8) is 0 Å². The molecule has 3 heteroatoms. The van der Waals surface area contributed by atoms with Crippen molar-refractivity contribution in [3.8, 4) is 0 Å². The van der Waals surface area contributed by atoms with Gasteiger partial charge in [-0.2, -0.15) is 0 Å². The van der Waals surface area contributed by atoms with E-state index >= 15 is 0 Å². The van der Waals surface area contributed by atoms with Crippen LogP contribution < -0.4 is 10.6 Å². The molecule has 0 amide bonds. The molecule has 0 aliphatic carbocycles. The SMILES string of the molecule is Cc1ccc(N[C@H]2CCCNC2)nc1. The van der Waals surface area contributed by atoms with Crippen LogP contribution in [-0.4, -0.2) is 24.1 Å². The Kier molecular flexibility index (Phi) is 2.99. The summed E-state index contributed by atoms with van der Waals surface area (Å²) in [6.45, 7) is 4.26. The molecule has 0 aromatic carbocycles. The first-order chi connectivity index (χ1) is 6.84. The van der Waals surface area contributed by atoms with E-state index in [1.165, 1.54) is 18.4 Å². The molecular weight excluding hydrogens is 174 g/mol. The predicted octanol–water partition coefficient (Wildman–Crippen LogP) is 1.55. The number of rotatable bonds is 2. The van der Waals surface area contributed by atoms with Crippen molar-refractivity contribution >= 4 is 5.82 Å². The van der Waals surface area contributed by atoms with Gasteiger partial charge in [0.05, 0.1) is 0 Å². The fraction of sp³-hybridized carbons (Fsp3) is 0.545. The van der Waals surface area contributed by atoms with Crippen molar-refractivity contribution < 1.29 is 0 Å². The summed E-state index contributed by atoms with van der Waals surface area (Å²) in [5.74, 6) is 0.990. The first-order valence-corrected chi connectivity index (χ1v) is 5.24. The number of hydrogen-bond acceptors (Lipinski definition) is 3. The topological polar surface area (TPSA) is 37.0 Å². The van der Waals surface area contributed by atoms with Gasteiger partial charge in [-0.05, 0) is 37.9 Å². The van der Waals surface area contributed by atoms with Crippen molar-refractivity contribution in [3.05, 3.63) is 23.9 Å². The molecule has 0 bridgehead atoms. The van der Waals surface area contributed by atoms with E-state index in [0.717, 1.165) is 18.9 Å². The van der Waals surface area contributed by atoms with E-state index in [9.17, 15) is 0 Å². The largest absolute Gasteiger partial charge is 0.366 e. The molecule has 1 aromatic heterocycles. The van der Waals surface area contributed by atoms with E-state index in [4.69, 9.17) is 0 Å². The number of piperidine rings is 1. The number of pyridine rings is 1. The Labute approximate surface area is 84.9 Å². The average molecular weight is 191 g/mol. The van der Waals surface area contributed by atoms with Crippen LogP contribution in [0.15, 0.2) is 18.3 Å². The van der Waals surface area contributed by atoms with E-state index < -0.39 is 0 Å². The number of aryl methyl sites for hydroxylation is 1. The molecule has 0 spiro atoms. The van der Waals surface area contributed by atoms with Gasteiger partial charge in [-0.3, -0.25) is 0 Å². The fourth-order valence-electron chi connectivity index (χ4n) is 1.74. The maximum atomic E-state index is 4.33. The highest BCUT2D eigenvalue weighted by atomic mass is 15.1. The number of nitrogens with zero attached hydrogens (tertiary/aromatic N) is 1. The first-order valence-electron chi connectivity index (χ1n) is 5.24. The van der Waals surface area contributed by atoms with Crippen LogP contribution in [0.2, 0.25) is 0 Å². The molecule has 1 fully saturated rings. The van der Waals surface area contributed by atoms with Crippen molar-refractivity contribution in [2.75, 3.05) is 18.4 Å². The minimum absolute atomic E-state index is 0.541. The minimum atomic E-state index is 0.541. The molecule has 2 N–H and O–H groups in total. The van der Waals surface area contributed by atoms with Gasteiger partial charge in [0.15, 0.2) is 0 Å². The molecule has 1 aliphatic heterocycles. The van der Waals surface area contributed by atoms with Crippen molar-refractivity contribution in [1.29, 1.82) is 0 Å². The second kappa shape index (κ2) is 4.42. The lowest BCUT2D eigenvalue weighted by atomic mass is 10.1. The summed E-state index contributed by atoms with van der Waals surface area (Å²) < 4.78 is 0. The Hall–Kier alpha value is -1.09. The molecule has 3 nitrogen and oxygen atoms in total. The quantitative estimate of drug-likeness (QED) is 0.744. The van der Waals surface area contributed by atoms with E-state index in [2.05, 4.69) is 28.6 Å². The molecule has 0 saturated carbocycles. The molecule has 2 heterocycles. The summed E-state index contributed by atoms with van der Waals surface area (Å²) in [5.41, 5.74) is 1.21. The number of anilines is 1. The van der Waals surface area contributed by atoms with Crippen molar-refractivity contribution in [2.45, 2.75) is 25.8 Å². The van der Waals surface area contributed by atoms with Gasteiger partial charge in [-0.25, -0.2) is 4.98 Å². The normalized spacial score (nSPS) is 21.9. The van der Waals surface area contributed by atoms with E-state index in [0.29, 0.717) is 6.04 Å². The highest BCUT2D eigenvalue weighted by Gasteiger charge is 2.12.